The van der Waals surface area contributed by atoms with Crippen LogP contribution < -0.4 is 10.1 Å². The summed E-state index contributed by atoms with van der Waals surface area (Å²) in [5.41, 5.74) is 3.82. The number of rotatable bonds is 7. The molecule has 1 amide bonds. The van der Waals surface area contributed by atoms with Gasteiger partial charge in [0.05, 0.1) is 5.69 Å². The van der Waals surface area contributed by atoms with Crippen molar-refractivity contribution in [2.75, 3.05) is 11.9 Å². The average Bonchev–Trinajstić information content (AvgIpc) is 3.15. The monoisotopic (exact) mass is 410 g/mol. The molecule has 0 bridgehead atoms. The number of hydrogen-bond donors (Lipinski definition) is 1. The molecule has 0 saturated heterocycles. The third-order valence-electron chi connectivity index (χ3n) is 4.03. The van der Waals surface area contributed by atoms with Crippen molar-refractivity contribution in [3.63, 3.8) is 0 Å². The fourth-order valence-corrected chi connectivity index (χ4v) is 3.45. The Morgan fingerprint density at radius 2 is 1.79 bits per heavy atom. The Morgan fingerprint density at radius 1 is 1.10 bits per heavy atom. The Bertz CT molecular complexity index is 981. The molecule has 7 heteroatoms. The summed E-state index contributed by atoms with van der Waals surface area (Å²) in [4.78, 5) is 28.7. The molecule has 3 rings (SSSR count). The number of esters is 1. The smallest absolute Gasteiger partial charge is 0.344 e. The first kappa shape index (κ1) is 20.5. The average molecular weight is 410 g/mol. The van der Waals surface area contributed by atoms with Gasteiger partial charge >= 0.3 is 5.97 Å². The van der Waals surface area contributed by atoms with Gasteiger partial charge in [-0.2, -0.15) is 0 Å². The summed E-state index contributed by atoms with van der Waals surface area (Å²) in [6.45, 7) is 5.14. The maximum Gasteiger partial charge on any atom is 0.344 e. The fourth-order valence-electron chi connectivity index (χ4n) is 2.72. The van der Waals surface area contributed by atoms with E-state index in [0.29, 0.717) is 10.9 Å². The Kier molecular flexibility index (Phi) is 6.61. The zero-order chi connectivity index (χ0) is 20.8. The van der Waals surface area contributed by atoms with Gasteiger partial charge in [0, 0.05) is 10.9 Å². The summed E-state index contributed by atoms with van der Waals surface area (Å²) in [5.74, 6) is -0.470. The first-order chi connectivity index (χ1) is 13.9. The lowest BCUT2D eigenvalue weighted by Crippen LogP contribution is -2.31. The molecular formula is C22H22N2O4S. The molecule has 1 heterocycles. The van der Waals surface area contributed by atoms with Crippen LogP contribution >= 0.6 is 11.3 Å². The zero-order valence-electron chi connectivity index (χ0n) is 16.5. The van der Waals surface area contributed by atoms with Gasteiger partial charge in [-0.25, -0.2) is 9.78 Å². The number of aryl methyl sites for hydroxylation is 2. The van der Waals surface area contributed by atoms with Gasteiger partial charge in [0.1, 0.15) is 5.75 Å². The SMILES string of the molecule is Cc1cc(C)cc(OCC(=O)OC(C)C(=O)Nc2nc(-c3ccccc3)cs2)c1. The highest BCUT2D eigenvalue weighted by Crippen LogP contribution is 2.24. The van der Waals surface area contributed by atoms with Gasteiger partial charge in [0.2, 0.25) is 0 Å². The number of carbonyl (C=O) groups excluding carboxylic acids is 2. The van der Waals surface area contributed by atoms with Crippen LogP contribution in [0.4, 0.5) is 5.13 Å². The summed E-state index contributed by atoms with van der Waals surface area (Å²) in [6.07, 6.45) is -0.963. The second-order valence-electron chi connectivity index (χ2n) is 6.64. The number of nitrogens with one attached hydrogen (secondary N) is 1. The molecule has 0 spiro atoms. The first-order valence-corrected chi connectivity index (χ1v) is 10.0. The summed E-state index contributed by atoms with van der Waals surface area (Å²) < 4.78 is 10.6. The van der Waals surface area contributed by atoms with Crippen molar-refractivity contribution in [1.29, 1.82) is 0 Å². The van der Waals surface area contributed by atoms with Gasteiger partial charge in [-0.3, -0.25) is 10.1 Å². The topological polar surface area (TPSA) is 77.5 Å². The zero-order valence-corrected chi connectivity index (χ0v) is 17.3. The van der Waals surface area contributed by atoms with Crippen LogP contribution in [0.2, 0.25) is 0 Å². The molecular weight excluding hydrogens is 388 g/mol. The van der Waals surface area contributed by atoms with Crippen molar-refractivity contribution in [3.05, 3.63) is 65.0 Å². The minimum Gasteiger partial charge on any atom is -0.482 e. The van der Waals surface area contributed by atoms with Crippen LogP contribution in [0, 0.1) is 13.8 Å². The quantitative estimate of drug-likeness (QED) is 0.585. The molecule has 1 N–H and O–H groups in total. The molecule has 29 heavy (non-hydrogen) atoms. The Balaban J connectivity index is 1.50. The maximum atomic E-state index is 12.3. The van der Waals surface area contributed by atoms with Gasteiger partial charge in [-0.1, -0.05) is 36.4 Å². The van der Waals surface area contributed by atoms with Gasteiger partial charge in [0.15, 0.2) is 17.8 Å². The van der Waals surface area contributed by atoms with Crippen LogP contribution in [0.25, 0.3) is 11.3 Å². The molecule has 0 fully saturated rings. The highest BCUT2D eigenvalue weighted by Gasteiger charge is 2.19. The highest BCUT2D eigenvalue weighted by atomic mass is 32.1. The molecule has 6 nitrogen and oxygen atoms in total. The van der Waals surface area contributed by atoms with Gasteiger partial charge < -0.3 is 9.47 Å². The largest absolute Gasteiger partial charge is 0.482 e. The Hall–Kier alpha value is -3.19. The summed E-state index contributed by atoms with van der Waals surface area (Å²) >= 11 is 1.31. The third kappa shape index (κ3) is 5.89. The number of ether oxygens (including phenoxy) is 2. The molecule has 1 atom stereocenters. The van der Waals surface area contributed by atoms with Gasteiger partial charge in [0.25, 0.3) is 5.91 Å². The van der Waals surface area contributed by atoms with Crippen molar-refractivity contribution in [2.45, 2.75) is 26.9 Å². The van der Waals surface area contributed by atoms with Crippen LogP contribution in [0.3, 0.4) is 0 Å². The molecule has 0 aliphatic rings. The number of aromatic nitrogens is 1. The molecule has 1 unspecified atom stereocenters. The molecule has 150 valence electrons. The molecule has 2 aromatic carbocycles. The first-order valence-electron chi connectivity index (χ1n) is 9.13. The second kappa shape index (κ2) is 9.34. The fraction of sp³-hybridized carbons (Fsp3) is 0.227. The highest BCUT2D eigenvalue weighted by molar-refractivity contribution is 7.14. The summed E-state index contributed by atoms with van der Waals surface area (Å²) in [7, 11) is 0. The van der Waals surface area contributed by atoms with E-state index >= 15 is 0 Å². The van der Waals surface area contributed by atoms with E-state index in [4.69, 9.17) is 9.47 Å². The lowest BCUT2D eigenvalue weighted by molar-refractivity contribution is -0.155. The Labute approximate surface area is 173 Å². The summed E-state index contributed by atoms with van der Waals surface area (Å²) in [5, 5.41) is 4.98. The maximum absolute atomic E-state index is 12.3. The van der Waals surface area contributed by atoms with Crippen molar-refractivity contribution < 1.29 is 19.1 Å². The van der Waals surface area contributed by atoms with E-state index in [-0.39, 0.29) is 6.61 Å². The predicted octanol–water partition coefficient (Wildman–Crippen LogP) is 4.38. The van der Waals surface area contributed by atoms with E-state index in [0.717, 1.165) is 22.4 Å². The molecule has 0 saturated carbocycles. The Morgan fingerprint density at radius 3 is 2.48 bits per heavy atom. The van der Waals surface area contributed by atoms with Crippen LogP contribution in [-0.2, 0) is 14.3 Å². The molecule has 0 radical (unpaired) electrons. The summed E-state index contributed by atoms with van der Waals surface area (Å²) in [6, 6.07) is 15.4. The minimum absolute atomic E-state index is 0.268. The van der Waals surface area contributed by atoms with E-state index in [1.165, 1.54) is 18.3 Å². The van der Waals surface area contributed by atoms with Crippen molar-refractivity contribution in [2.24, 2.45) is 0 Å². The van der Waals surface area contributed by atoms with E-state index in [2.05, 4.69) is 10.3 Å². The van der Waals surface area contributed by atoms with E-state index in [1.54, 1.807) is 0 Å². The van der Waals surface area contributed by atoms with E-state index in [9.17, 15) is 9.59 Å². The molecule has 1 aromatic heterocycles. The number of benzene rings is 2. The normalized spacial score (nSPS) is 11.6. The number of thiazole rings is 1. The van der Waals surface area contributed by atoms with Gasteiger partial charge in [-0.05, 0) is 44.0 Å². The van der Waals surface area contributed by atoms with Crippen LogP contribution in [0.15, 0.2) is 53.9 Å². The van der Waals surface area contributed by atoms with Gasteiger partial charge in [-0.15, -0.1) is 11.3 Å². The van der Waals surface area contributed by atoms with Crippen LogP contribution in [0.1, 0.15) is 18.1 Å². The standard InChI is InChI=1S/C22H22N2O4S/c1-14-9-15(2)11-18(10-14)27-12-20(25)28-16(3)21(26)24-22-23-19(13-29-22)17-7-5-4-6-8-17/h4-11,13,16H,12H2,1-3H3,(H,23,24,26). The van der Waals surface area contributed by atoms with E-state index in [1.807, 2.05) is 67.8 Å². The van der Waals surface area contributed by atoms with Crippen molar-refractivity contribution in [1.82, 2.24) is 4.98 Å². The van der Waals surface area contributed by atoms with E-state index < -0.39 is 18.0 Å². The number of amides is 1. The molecule has 0 aliphatic heterocycles. The predicted molar refractivity (Wildman–Crippen MR) is 113 cm³/mol. The van der Waals surface area contributed by atoms with Crippen molar-refractivity contribution in [3.8, 4) is 17.0 Å². The van der Waals surface area contributed by atoms with Crippen LogP contribution in [-0.4, -0.2) is 29.6 Å². The number of carbonyl (C=O) groups is 2. The second-order valence-corrected chi connectivity index (χ2v) is 7.50. The third-order valence-corrected chi connectivity index (χ3v) is 4.79. The lowest BCUT2D eigenvalue weighted by atomic mass is 10.1. The molecule has 0 aliphatic carbocycles. The minimum atomic E-state index is -0.963. The number of nitrogens with zero attached hydrogens (tertiary/aromatic N) is 1. The molecule has 3 aromatic rings. The lowest BCUT2D eigenvalue weighted by Gasteiger charge is -2.13. The number of hydrogen-bond acceptors (Lipinski definition) is 6. The van der Waals surface area contributed by atoms with Crippen molar-refractivity contribution >= 4 is 28.3 Å². The number of anilines is 1. The van der Waals surface area contributed by atoms with Crippen LogP contribution in [0.5, 0.6) is 5.75 Å².